The first-order chi connectivity index (χ1) is 10.2. The molecule has 3 rings (SSSR count). The van der Waals surface area contributed by atoms with E-state index in [0.29, 0.717) is 18.0 Å². The molecule has 2 N–H and O–H groups in total. The quantitative estimate of drug-likeness (QED) is 0.859. The molecule has 0 radical (unpaired) electrons. The highest BCUT2D eigenvalue weighted by atomic mass is 16.5. The lowest BCUT2D eigenvalue weighted by molar-refractivity contribution is 0.0181. The summed E-state index contributed by atoms with van der Waals surface area (Å²) in [5.74, 6) is 0.700. The first kappa shape index (κ1) is 13.9. The minimum Gasteiger partial charge on any atom is -0.494 e. The maximum atomic E-state index is 5.97. The molecule has 1 heterocycles. The molecule has 5 nitrogen and oxygen atoms in total. The van der Waals surface area contributed by atoms with E-state index in [0.717, 1.165) is 24.0 Å². The van der Waals surface area contributed by atoms with Crippen molar-refractivity contribution in [2.45, 2.75) is 24.8 Å². The van der Waals surface area contributed by atoms with Gasteiger partial charge in [0.15, 0.2) is 0 Å². The molecule has 1 aromatic carbocycles. The van der Waals surface area contributed by atoms with Crippen LogP contribution < -0.4 is 10.5 Å². The number of nitrogens with two attached hydrogens (primary N) is 1. The van der Waals surface area contributed by atoms with E-state index in [1.807, 2.05) is 29.1 Å². The van der Waals surface area contributed by atoms with Crippen molar-refractivity contribution in [1.29, 1.82) is 0 Å². The van der Waals surface area contributed by atoms with Crippen molar-refractivity contribution in [3.8, 4) is 16.9 Å². The average Bonchev–Trinajstić information content (AvgIpc) is 2.92. The molecule has 112 valence electrons. The molecule has 0 bridgehead atoms. The summed E-state index contributed by atoms with van der Waals surface area (Å²) in [6.45, 7) is 0.697. The summed E-state index contributed by atoms with van der Waals surface area (Å²) in [7, 11) is 3.38. The molecular weight excluding hydrogens is 266 g/mol. The highest BCUT2D eigenvalue weighted by Crippen LogP contribution is 2.41. The lowest BCUT2D eigenvalue weighted by Crippen LogP contribution is -2.44. The Labute approximate surface area is 124 Å². The molecular formula is C16H21N3O2. The standard InChI is InChI=1S/C16H21N3O2/c1-20-11-16(7-4-8-16)19-10-12(9-18-19)13-5-3-6-14(17)15(13)21-2/h3,5-6,9-10H,4,7-8,11,17H2,1-2H3. The first-order valence-corrected chi connectivity index (χ1v) is 7.17. The van der Waals surface area contributed by atoms with Crippen molar-refractivity contribution < 1.29 is 9.47 Å². The van der Waals surface area contributed by atoms with Crippen LogP contribution in [0.5, 0.6) is 5.75 Å². The zero-order chi connectivity index (χ0) is 14.9. The smallest absolute Gasteiger partial charge is 0.149 e. The van der Waals surface area contributed by atoms with E-state index >= 15 is 0 Å². The van der Waals surface area contributed by atoms with Gasteiger partial charge in [0, 0.05) is 24.4 Å². The number of hydrogen-bond acceptors (Lipinski definition) is 4. The number of ether oxygens (including phenoxy) is 2. The molecule has 0 saturated heterocycles. The molecule has 0 spiro atoms. The molecule has 0 atom stereocenters. The minimum absolute atomic E-state index is 0.0144. The molecule has 21 heavy (non-hydrogen) atoms. The van der Waals surface area contributed by atoms with Gasteiger partial charge in [-0.25, -0.2) is 0 Å². The molecule has 2 aromatic rings. The van der Waals surface area contributed by atoms with Crippen LogP contribution >= 0.6 is 0 Å². The van der Waals surface area contributed by atoms with Gasteiger partial charge in [0.1, 0.15) is 5.75 Å². The maximum Gasteiger partial charge on any atom is 0.149 e. The van der Waals surface area contributed by atoms with E-state index in [1.54, 1.807) is 14.2 Å². The third-order valence-electron chi connectivity index (χ3n) is 4.33. The van der Waals surface area contributed by atoms with Crippen LogP contribution in [0.15, 0.2) is 30.6 Å². The summed E-state index contributed by atoms with van der Waals surface area (Å²) in [5, 5.41) is 4.55. The fourth-order valence-electron chi connectivity index (χ4n) is 3.02. The Morgan fingerprint density at radius 3 is 2.76 bits per heavy atom. The normalized spacial score (nSPS) is 16.5. The van der Waals surface area contributed by atoms with Crippen molar-refractivity contribution in [2.75, 3.05) is 26.6 Å². The number of nitrogens with zero attached hydrogens (tertiary/aromatic N) is 2. The van der Waals surface area contributed by atoms with Crippen LogP contribution in [-0.2, 0) is 10.3 Å². The molecule has 0 unspecified atom stereocenters. The number of anilines is 1. The van der Waals surface area contributed by atoms with Gasteiger partial charge in [-0.3, -0.25) is 4.68 Å². The Kier molecular flexibility index (Phi) is 3.59. The summed E-state index contributed by atoms with van der Waals surface area (Å²) in [6.07, 6.45) is 7.37. The first-order valence-electron chi connectivity index (χ1n) is 7.17. The van der Waals surface area contributed by atoms with Crippen LogP contribution in [-0.4, -0.2) is 30.6 Å². The van der Waals surface area contributed by atoms with Gasteiger partial charge in [0.05, 0.1) is 31.1 Å². The van der Waals surface area contributed by atoms with E-state index in [-0.39, 0.29) is 5.54 Å². The predicted molar refractivity (Wildman–Crippen MR) is 82.3 cm³/mol. The molecule has 1 aliphatic rings. The number of hydrogen-bond donors (Lipinski definition) is 1. The molecule has 1 aromatic heterocycles. The molecule has 0 aliphatic heterocycles. The van der Waals surface area contributed by atoms with Gasteiger partial charge in [-0.2, -0.15) is 5.10 Å². The molecule has 1 aliphatic carbocycles. The SMILES string of the molecule is COCC1(n2cc(-c3cccc(N)c3OC)cn2)CCC1. The molecule has 0 amide bonds. The fourth-order valence-corrected chi connectivity index (χ4v) is 3.02. The Bertz CT molecular complexity index is 632. The van der Waals surface area contributed by atoms with Gasteiger partial charge in [-0.1, -0.05) is 12.1 Å². The summed E-state index contributed by atoms with van der Waals surface area (Å²) in [6, 6.07) is 5.77. The number of nitrogen functional groups attached to an aromatic ring is 1. The third kappa shape index (κ3) is 2.27. The van der Waals surface area contributed by atoms with E-state index < -0.39 is 0 Å². The summed E-state index contributed by atoms with van der Waals surface area (Å²) in [5.41, 5.74) is 8.61. The average molecular weight is 287 g/mol. The Hall–Kier alpha value is -2.01. The summed E-state index contributed by atoms with van der Waals surface area (Å²) < 4.78 is 12.8. The number of rotatable bonds is 5. The molecule has 5 heteroatoms. The van der Waals surface area contributed by atoms with Gasteiger partial charge in [0.25, 0.3) is 0 Å². The zero-order valence-corrected chi connectivity index (χ0v) is 12.5. The highest BCUT2D eigenvalue weighted by molar-refractivity contribution is 5.76. The van der Waals surface area contributed by atoms with Crippen LogP contribution in [0.1, 0.15) is 19.3 Å². The zero-order valence-electron chi connectivity index (χ0n) is 12.5. The van der Waals surface area contributed by atoms with Gasteiger partial charge < -0.3 is 15.2 Å². The second kappa shape index (κ2) is 5.41. The Morgan fingerprint density at radius 2 is 2.14 bits per heavy atom. The van der Waals surface area contributed by atoms with Crippen LogP contribution in [0.2, 0.25) is 0 Å². The number of para-hydroxylation sites is 1. The molecule has 1 saturated carbocycles. The maximum absolute atomic E-state index is 5.97. The Morgan fingerprint density at radius 1 is 1.33 bits per heavy atom. The lowest BCUT2D eigenvalue weighted by atomic mass is 9.77. The van der Waals surface area contributed by atoms with Gasteiger partial charge in [0.2, 0.25) is 0 Å². The predicted octanol–water partition coefficient (Wildman–Crippen LogP) is 2.67. The third-order valence-corrected chi connectivity index (χ3v) is 4.33. The van der Waals surface area contributed by atoms with Crippen molar-refractivity contribution in [1.82, 2.24) is 9.78 Å². The van der Waals surface area contributed by atoms with Crippen LogP contribution in [0, 0.1) is 0 Å². The van der Waals surface area contributed by atoms with Gasteiger partial charge in [-0.15, -0.1) is 0 Å². The van der Waals surface area contributed by atoms with Crippen molar-refractivity contribution >= 4 is 5.69 Å². The van der Waals surface area contributed by atoms with Gasteiger partial charge >= 0.3 is 0 Å². The fraction of sp³-hybridized carbons (Fsp3) is 0.438. The molecule has 1 fully saturated rings. The number of methoxy groups -OCH3 is 2. The number of benzene rings is 1. The topological polar surface area (TPSA) is 62.3 Å². The van der Waals surface area contributed by atoms with Crippen molar-refractivity contribution in [2.24, 2.45) is 0 Å². The van der Waals surface area contributed by atoms with E-state index in [1.165, 1.54) is 6.42 Å². The number of aromatic nitrogens is 2. The second-order valence-corrected chi connectivity index (χ2v) is 5.61. The summed E-state index contributed by atoms with van der Waals surface area (Å²) >= 11 is 0. The Balaban J connectivity index is 1.97. The van der Waals surface area contributed by atoms with Crippen molar-refractivity contribution in [3.05, 3.63) is 30.6 Å². The van der Waals surface area contributed by atoms with Crippen LogP contribution in [0.25, 0.3) is 11.1 Å². The largest absolute Gasteiger partial charge is 0.494 e. The van der Waals surface area contributed by atoms with Gasteiger partial charge in [-0.05, 0) is 25.3 Å². The van der Waals surface area contributed by atoms with Crippen LogP contribution in [0.3, 0.4) is 0 Å². The highest BCUT2D eigenvalue weighted by Gasteiger charge is 2.39. The second-order valence-electron chi connectivity index (χ2n) is 5.61. The van der Waals surface area contributed by atoms with E-state index in [2.05, 4.69) is 11.3 Å². The lowest BCUT2D eigenvalue weighted by Gasteiger charge is -2.41. The monoisotopic (exact) mass is 287 g/mol. The van der Waals surface area contributed by atoms with E-state index in [4.69, 9.17) is 15.2 Å². The van der Waals surface area contributed by atoms with E-state index in [9.17, 15) is 0 Å². The van der Waals surface area contributed by atoms with Crippen LogP contribution in [0.4, 0.5) is 5.69 Å². The minimum atomic E-state index is 0.0144. The summed E-state index contributed by atoms with van der Waals surface area (Å²) in [4.78, 5) is 0. The van der Waals surface area contributed by atoms with Crippen molar-refractivity contribution in [3.63, 3.8) is 0 Å².